The molecule has 5 heterocycles. The number of fused-ring (bicyclic) bond motifs is 9. The molecule has 2 aromatic rings. The highest BCUT2D eigenvalue weighted by Crippen LogP contribution is 2.57. The summed E-state index contributed by atoms with van der Waals surface area (Å²) in [7, 11) is 0. The van der Waals surface area contributed by atoms with Crippen LogP contribution >= 0.6 is 0 Å². The maximum absolute atomic E-state index is 12.5. The summed E-state index contributed by atoms with van der Waals surface area (Å²) in [5.41, 5.74) is 12.6. The number of hydrogen-bond acceptors (Lipinski definition) is 4. The van der Waals surface area contributed by atoms with E-state index in [2.05, 4.69) is 110 Å². The zero-order chi connectivity index (χ0) is 36.3. The molecule has 0 saturated heterocycles. The maximum Gasteiger partial charge on any atom is 0.219 e. The van der Waals surface area contributed by atoms with Crippen LogP contribution in [0.2, 0.25) is 0 Å². The minimum absolute atomic E-state index is 0.0104. The van der Waals surface area contributed by atoms with Crippen molar-refractivity contribution in [3.05, 3.63) is 94.2 Å². The highest BCUT2D eigenvalue weighted by molar-refractivity contribution is 6.08. The van der Waals surface area contributed by atoms with E-state index in [1.54, 1.807) is 0 Å². The highest BCUT2D eigenvalue weighted by atomic mass is 16.5. The zero-order valence-corrected chi connectivity index (χ0v) is 32.3. The molecular weight excluding hydrogens is 643 g/mol. The molecule has 8 rings (SSSR count). The van der Waals surface area contributed by atoms with Crippen molar-refractivity contribution in [3.8, 4) is 0 Å². The molecule has 0 saturated carbocycles. The Morgan fingerprint density at radius 1 is 0.923 bits per heavy atom. The molecule has 6 nitrogen and oxygen atoms in total. The van der Waals surface area contributed by atoms with Crippen LogP contribution in [0.15, 0.2) is 83.1 Å². The second-order valence-electron chi connectivity index (χ2n) is 17.9. The van der Waals surface area contributed by atoms with Crippen LogP contribution in [0, 0.1) is 11.3 Å². The SMILES string of the molecule is CC1(C)C2=[N+](CC(C)(C)C3OC4CC5CCN6C(=C5C=C4C=C23)C(C)(CCCCCC(=O)NCCCCCCO)c2ccccc26)c2ccccc21. The van der Waals surface area contributed by atoms with Gasteiger partial charge in [0.05, 0.1) is 16.9 Å². The number of aliphatic hydroxyl groups excluding tert-OH is 1. The molecule has 6 heteroatoms. The van der Waals surface area contributed by atoms with Gasteiger partial charge >= 0.3 is 0 Å². The first-order chi connectivity index (χ1) is 25.0. The van der Waals surface area contributed by atoms with Gasteiger partial charge < -0.3 is 20.1 Å². The number of amides is 1. The maximum atomic E-state index is 12.5. The second kappa shape index (κ2) is 13.7. The monoisotopic (exact) mass is 702 g/mol. The molecule has 0 fully saturated rings. The minimum Gasteiger partial charge on any atom is -0.396 e. The summed E-state index contributed by atoms with van der Waals surface area (Å²) in [4.78, 5) is 15.2. The van der Waals surface area contributed by atoms with Gasteiger partial charge in [-0.05, 0) is 94.1 Å². The van der Waals surface area contributed by atoms with Gasteiger partial charge in [0.2, 0.25) is 11.6 Å². The standard InChI is InChI=1S/C46H59N3O3/c1-44(2)30-49-37-19-12-10-17-35(37)45(3,4)41(49)34-28-32-27-33-31(29-39(32)52-43(34)44)22-25-48-38-20-13-11-18-36(38)46(5,42(33)48)23-14-8-9-21-40(51)47-24-15-6-7-16-26-50/h10-13,17-20,27-28,31,39,43,50H,6-9,14-16,21-26,29-30H2,1-5H3/p+1. The Kier molecular flexibility index (Phi) is 9.39. The van der Waals surface area contributed by atoms with Gasteiger partial charge in [-0.25, -0.2) is 0 Å². The van der Waals surface area contributed by atoms with Crippen molar-refractivity contribution in [3.63, 3.8) is 0 Å². The molecule has 0 aromatic heterocycles. The number of hydrogen-bond donors (Lipinski definition) is 2. The average Bonchev–Trinajstić information content (AvgIpc) is 3.52. The van der Waals surface area contributed by atoms with Crippen molar-refractivity contribution in [1.82, 2.24) is 5.32 Å². The van der Waals surface area contributed by atoms with Crippen LogP contribution in [0.5, 0.6) is 0 Å². The van der Waals surface area contributed by atoms with Crippen LogP contribution in [0.25, 0.3) is 0 Å². The third kappa shape index (κ3) is 5.93. The summed E-state index contributed by atoms with van der Waals surface area (Å²) in [6.07, 6.45) is 16.2. The number of para-hydroxylation sites is 2. The number of allylic oxidation sites excluding steroid dienone is 3. The lowest BCUT2D eigenvalue weighted by atomic mass is 9.67. The zero-order valence-electron chi connectivity index (χ0n) is 32.3. The third-order valence-electron chi connectivity index (χ3n) is 13.4. The van der Waals surface area contributed by atoms with Crippen LogP contribution in [-0.4, -0.2) is 59.8 Å². The van der Waals surface area contributed by atoms with E-state index in [1.165, 1.54) is 50.6 Å². The molecule has 5 aliphatic heterocycles. The summed E-state index contributed by atoms with van der Waals surface area (Å²) < 4.78 is 9.88. The molecule has 0 spiro atoms. The predicted octanol–water partition coefficient (Wildman–Crippen LogP) is 8.80. The predicted molar refractivity (Wildman–Crippen MR) is 210 cm³/mol. The van der Waals surface area contributed by atoms with Gasteiger partial charge in [0.1, 0.15) is 6.10 Å². The molecule has 1 amide bonds. The van der Waals surface area contributed by atoms with Crippen molar-refractivity contribution in [2.24, 2.45) is 11.3 Å². The largest absolute Gasteiger partial charge is 0.396 e. The van der Waals surface area contributed by atoms with Crippen molar-refractivity contribution in [2.45, 2.75) is 128 Å². The van der Waals surface area contributed by atoms with Crippen LogP contribution in [0.4, 0.5) is 11.4 Å². The van der Waals surface area contributed by atoms with Gasteiger partial charge in [-0.3, -0.25) is 4.79 Å². The number of anilines is 1. The Bertz CT molecular complexity index is 1860. The van der Waals surface area contributed by atoms with Crippen LogP contribution < -0.4 is 10.2 Å². The molecule has 4 atom stereocenters. The minimum atomic E-state index is -0.0817. The molecule has 4 unspecified atom stereocenters. The van der Waals surface area contributed by atoms with Gasteiger partial charge in [-0.1, -0.05) is 82.0 Å². The normalized spacial score (nSPS) is 27.4. The summed E-state index contributed by atoms with van der Waals surface area (Å²) in [6.45, 7) is 15.1. The molecule has 6 aliphatic rings. The van der Waals surface area contributed by atoms with Crippen molar-refractivity contribution in [1.29, 1.82) is 0 Å². The molecular formula is C46H60N3O3+. The van der Waals surface area contributed by atoms with Crippen molar-refractivity contribution >= 4 is 23.0 Å². The molecule has 2 aromatic carbocycles. The molecule has 276 valence electrons. The number of benzene rings is 2. The molecule has 0 radical (unpaired) electrons. The van der Waals surface area contributed by atoms with Gasteiger partial charge in [-0.15, -0.1) is 0 Å². The van der Waals surface area contributed by atoms with Crippen LogP contribution in [-0.2, 0) is 20.4 Å². The first-order valence-electron chi connectivity index (χ1n) is 20.4. The van der Waals surface area contributed by atoms with E-state index < -0.39 is 0 Å². The van der Waals surface area contributed by atoms with E-state index in [0.29, 0.717) is 12.3 Å². The second-order valence-corrected chi connectivity index (χ2v) is 17.9. The van der Waals surface area contributed by atoms with Gasteiger partial charge in [0.15, 0.2) is 12.3 Å². The summed E-state index contributed by atoms with van der Waals surface area (Å²) in [6, 6.07) is 18.1. The van der Waals surface area contributed by atoms with E-state index >= 15 is 0 Å². The fraction of sp³-hybridized carbons (Fsp3) is 0.565. The van der Waals surface area contributed by atoms with E-state index in [1.807, 2.05) is 0 Å². The molecule has 52 heavy (non-hydrogen) atoms. The van der Waals surface area contributed by atoms with Crippen molar-refractivity contribution in [2.75, 3.05) is 31.1 Å². The number of unbranched alkanes of at least 4 members (excludes halogenated alkanes) is 5. The summed E-state index contributed by atoms with van der Waals surface area (Å²) >= 11 is 0. The third-order valence-corrected chi connectivity index (χ3v) is 13.4. The van der Waals surface area contributed by atoms with Gasteiger partial charge in [0, 0.05) is 60.1 Å². The van der Waals surface area contributed by atoms with Gasteiger partial charge in [-0.2, -0.15) is 4.58 Å². The number of aliphatic hydroxyl groups is 1. The lowest BCUT2D eigenvalue weighted by Crippen LogP contribution is -2.53. The van der Waals surface area contributed by atoms with Crippen LogP contribution in [0.3, 0.4) is 0 Å². The Hall–Kier alpha value is -3.48. The molecule has 2 N–H and O–H groups in total. The number of carbonyl (C=O) groups is 1. The number of ether oxygens (including phenoxy) is 1. The number of nitrogens with one attached hydrogen (secondary N) is 1. The number of nitrogens with zero attached hydrogens (tertiary/aromatic N) is 2. The fourth-order valence-electron chi connectivity index (χ4n) is 10.8. The lowest BCUT2D eigenvalue weighted by Gasteiger charge is -2.47. The van der Waals surface area contributed by atoms with Gasteiger partial charge in [0.25, 0.3) is 0 Å². The first kappa shape index (κ1) is 35.5. The number of carbonyl (C=O) groups excluding carboxylic acids is 1. The first-order valence-corrected chi connectivity index (χ1v) is 20.4. The smallest absolute Gasteiger partial charge is 0.219 e. The Labute approximate surface area is 311 Å². The Morgan fingerprint density at radius 3 is 2.50 bits per heavy atom. The number of rotatable bonds is 12. The Balaban J connectivity index is 1.07. The summed E-state index contributed by atoms with van der Waals surface area (Å²) in [5, 5.41) is 12.1. The van der Waals surface area contributed by atoms with Crippen LogP contribution in [0.1, 0.15) is 116 Å². The van der Waals surface area contributed by atoms with E-state index in [4.69, 9.17) is 9.84 Å². The average molecular weight is 703 g/mol. The van der Waals surface area contributed by atoms with E-state index in [0.717, 1.165) is 83.8 Å². The molecule has 1 aliphatic carbocycles. The quantitative estimate of drug-likeness (QED) is 0.172. The fourth-order valence-corrected chi connectivity index (χ4v) is 10.8. The Morgan fingerprint density at radius 2 is 1.67 bits per heavy atom. The lowest BCUT2D eigenvalue weighted by molar-refractivity contribution is -0.466. The highest BCUT2D eigenvalue weighted by Gasteiger charge is 2.58. The summed E-state index contributed by atoms with van der Waals surface area (Å²) in [5.74, 6) is 0.673. The molecule has 0 bridgehead atoms. The van der Waals surface area contributed by atoms with E-state index in [9.17, 15) is 4.79 Å². The van der Waals surface area contributed by atoms with Crippen molar-refractivity contribution < 1.29 is 19.2 Å². The topological polar surface area (TPSA) is 64.8 Å². The van der Waals surface area contributed by atoms with E-state index in [-0.39, 0.29) is 41.0 Å².